The number of carbonyl (C=O) groups is 1. The number of hydrogen-bond donors (Lipinski definition) is 0. The molecule has 0 aromatic heterocycles. The number of carbonyl (C=O) groups excluding carboxylic acids is 1. The van der Waals surface area contributed by atoms with Gasteiger partial charge in [-0.1, -0.05) is 83.3 Å². The number of hydrogen-bond acceptors (Lipinski definition) is 2. The fourth-order valence-electron chi connectivity index (χ4n) is 3.57. The van der Waals surface area contributed by atoms with Crippen molar-refractivity contribution in [1.29, 1.82) is 0 Å². The summed E-state index contributed by atoms with van der Waals surface area (Å²) in [6.45, 7) is 3.13. The van der Waals surface area contributed by atoms with Crippen LogP contribution in [0.3, 0.4) is 0 Å². The van der Waals surface area contributed by atoms with Crippen molar-refractivity contribution < 1.29 is 48.1 Å². The van der Waals surface area contributed by atoms with Gasteiger partial charge in [-0.2, -0.15) is 0 Å². The maximum atomic E-state index is 12.5. The average Bonchev–Trinajstić information content (AvgIpc) is 2.95. The first kappa shape index (κ1) is 42.0. The molecule has 3 aromatic carbocycles. The van der Waals surface area contributed by atoms with Crippen LogP contribution in [0, 0.1) is 0 Å². The molecule has 1 saturated carbocycles. The van der Waals surface area contributed by atoms with Crippen LogP contribution in [0.2, 0.25) is 0 Å². The molecule has 3 aromatic rings. The van der Waals surface area contributed by atoms with Crippen LogP contribution < -0.4 is 15.5 Å². The predicted octanol–water partition coefficient (Wildman–Crippen LogP) is 7.09. The molecule has 1 fully saturated rings. The topological polar surface area (TPSA) is 26.3 Å². The number of rotatable bonds is 4. The number of ether oxygens (including phenoxy) is 1. The Bertz CT molecular complexity index is 1190. The summed E-state index contributed by atoms with van der Waals surface area (Å²) in [4.78, 5) is 12.5. The summed E-state index contributed by atoms with van der Waals surface area (Å²) in [5.41, 5.74) is 1.20. The first-order valence-electron chi connectivity index (χ1n) is 12.7. The Morgan fingerprint density at radius 2 is 1.05 bits per heavy atom. The van der Waals surface area contributed by atoms with Gasteiger partial charge in [0.25, 0.3) is 0 Å². The molecule has 1 aliphatic carbocycles. The summed E-state index contributed by atoms with van der Waals surface area (Å²) >= 11 is 53.7. The molecule has 0 amide bonds. The summed E-state index contributed by atoms with van der Waals surface area (Å²) in [7, 11) is 0. The summed E-state index contributed by atoms with van der Waals surface area (Å²) in [6, 6.07) is 27.7. The van der Waals surface area contributed by atoms with Crippen molar-refractivity contribution in [3.63, 3.8) is 0 Å². The van der Waals surface area contributed by atoms with Crippen molar-refractivity contribution >= 4 is 113 Å². The van der Waals surface area contributed by atoms with Crippen molar-refractivity contribution in [2.75, 3.05) is 0 Å². The minimum absolute atomic E-state index is 0. The fraction of sp³-hybridized carbons (Fsp3) is 0.367. The summed E-state index contributed by atoms with van der Waals surface area (Å²) in [5.74, 6) is -0.507. The zero-order valence-corrected chi connectivity index (χ0v) is 36.1. The summed E-state index contributed by atoms with van der Waals surface area (Å²) < 4.78 is 5.24. The zero-order valence-electron chi connectivity index (χ0n) is 23.1. The molecular formula is C30H28Cl10HgO2. The molecular weight excluding hydrogens is 947 g/mol. The Balaban J connectivity index is 0.000000383. The molecule has 1 aliphatic rings. The Morgan fingerprint density at radius 1 is 0.674 bits per heavy atom. The molecule has 0 N–H and O–H groups in total. The monoisotopic (exact) mass is 972 g/mol. The van der Waals surface area contributed by atoms with Crippen molar-refractivity contribution in [1.82, 2.24) is 0 Å². The molecule has 0 bridgehead atoms. The molecule has 0 atom stereocenters. The van der Waals surface area contributed by atoms with E-state index in [0.717, 1.165) is 37.2 Å². The van der Waals surface area contributed by atoms with E-state index in [1.807, 2.05) is 42.5 Å². The third kappa shape index (κ3) is 13.2. The molecule has 2 nitrogen and oxygen atoms in total. The Kier molecular flexibility index (Phi) is 19.2. The van der Waals surface area contributed by atoms with Gasteiger partial charge in [-0.3, -0.25) is 0 Å². The van der Waals surface area contributed by atoms with Crippen LogP contribution >= 0.6 is 104 Å². The third-order valence-corrected chi connectivity index (χ3v) is 13.4. The first-order valence-corrected chi connectivity index (χ1v) is 19.2. The van der Waals surface area contributed by atoms with E-state index >= 15 is 0 Å². The second-order valence-electron chi connectivity index (χ2n) is 9.87. The number of esters is 1. The summed E-state index contributed by atoms with van der Waals surface area (Å²) in [5, 5.41) is -2.62. The number of alkyl halides is 9. The Labute approximate surface area is 321 Å². The van der Waals surface area contributed by atoms with E-state index in [0.29, 0.717) is 12.0 Å². The van der Waals surface area contributed by atoms with Crippen LogP contribution in [-0.2, 0) is 37.3 Å². The molecule has 0 aliphatic heterocycles. The molecule has 13 heteroatoms. The molecule has 0 saturated heterocycles. The van der Waals surface area contributed by atoms with Gasteiger partial charge in [0.1, 0.15) is 0 Å². The molecule has 0 radical (unpaired) electrons. The van der Waals surface area contributed by atoms with Gasteiger partial charge >= 0.3 is 65.5 Å². The van der Waals surface area contributed by atoms with Gasteiger partial charge < -0.3 is 17.1 Å². The molecule has 4 rings (SSSR count). The molecule has 43 heavy (non-hydrogen) atoms. The standard InChI is InChI=1S/C18H17Cl3O2.C6H6Cl6.C6H5.ClH.Hg/c1-17(2,18(19,20)21)23-16(22)15-11-7-6-10-14(15)12-13-8-4-3-5-9-13;7-1-2(8)4(10)6(12)5(11)3(1)9;1-2-4-6-5-3-1;;/h3-11H,12H2,1-2H3;1-6H;1-5H;1H;/q;;;;+1/p-1/t;1-,2-,3-,4+,5+,6+;;;. The zero-order chi connectivity index (χ0) is 31.7. The molecule has 0 unspecified atom stereocenters. The van der Waals surface area contributed by atoms with E-state index in [2.05, 4.69) is 30.3 Å². The number of halogens is 10. The first-order chi connectivity index (χ1) is 19.6. The van der Waals surface area contributed by atoms with Crippen LogP contribution in [-0.4, -0.2) is 47.6 Å². The van der Waals surface area contributed by atoms with Crippen molar-refractivity contribution in [3.05, 3.63) is 102 Å². The third-order valence-electron chi connectivity index (χ3n) is 6.17. The van der Waals surface area contributed by atoms with Crippen LogP contribution in [0.15, 0.2) is 84.9 Å². The van der Waals surface area contributed by atoms with E-state index in [1.165, 1.54) is 3.07 Å². The van der Waals surface area contributed by atoms with Crippen molar-refractivity contribution in [3.8, 4) is 0 Å². The van der Waals surface area contributed by atoms with E-state index in [4.69, 9.17) is 109 Å². The second-order valence-corrected chi connectivity index (χ2v) is 18.3. The van der Waals surface area contributed by atoms with Crippen LogP contribution in [0.5, 0.6) is 0 Å². The SMILES string of the molecule is CC(C)(OC(=O)c1ccccc1Cc1ccccc1)C(Cl)(Cl)Cl.Cl[C@H]1[C@H](Cl)[C@@H](Cl)[C@@H](Cl)[C@H](Cl)[C@H]1Cl.[Cl-].[Hg+][c]1ccccc1. The average molecular weight is 976 g/mol. The van der Waals surface area contributed by atoms with Gasteiger partial charge in [0, 0.05) is 0 Å². The van der Waals surface area contributed by atoms with Gasteiger partial charge in [0.05, 0.1) is 37.8 Å². The van der Waals surface area contributed by atoms with E-state index in [1.54, 1.807) is 26.0 Å². The summed E-state index contributed by atoms with van der Waals surface area (Å²) in [6.07, 6.45) is 0.625. The molecule has 0 spiro atoms. The second kappa shape index (κ2) is 19.7. The normalized spacial score (nSPS) is 23.4. The van der Waals surface area contributed by atoms with Gasteiger partial charge in [-0.15, -0.1) is 69.6 Å². The number of benzene rings is 3. The fourth-order valence-corrected chi connectivity index (χ4v) is 7.07. The van der Waals surface area contributed by atoms with Gasteiger partial charge in [0.15, 0.2) is 5.60 Å². The minimum atomic E-state index is -1.71. The van der Waals surface area contributed by atoms with E-state index in [-0.39, 0.29) is 12.4 Å². The maximum absolute atomic E-state index is 12.5. The Hall–Kier alpha value is 0.965. The van der Waals surface area contributed by atoms with Gasteiger partial charge in [0.2, 0.25) is 3.79 Å². The van der Waals surface area contributed by atoms with Gasteiger partial charge in [-0.25, -0.2) is 4.79 Å². The molecule has 0 heterocycles. The molecule has 232 valence electrons. The quantitative estimate of drug-likeness (QED) is 0.159. The van der Waals surface area contributed by atoms with E-state index in [9.17, 15) is 4.79 Å². The van der Waals surface area contributed by atoms with Crippen LogP contribution in [0.1, 0.15) is 35.3 Å². The predicted molar refractivity (Wildman–Crippen MR) is 179 cm³/mol. The Morgan fingerprint density at radius 3 is 1.42 bits per heavy atom. The van der Waals surface area contributed by atoms with Crippen LogP contribution in [0.25, 0.3) is 0 Å². The van der Waals surface area contributed by atoms with Crippen molar-refractivity contribution in [2.45, 2.75) is 61.9 Å². The van der Waals surface area contributed by atoms with Gasteiger partial charge in [-0.05, 0) is 37.5 Å². The van der Waals surface area contributed by atoms with Crippen molar-refractivity contribution in [2.24, 2.45) is 0 Å². The van der Waals surface area contributed by atoms with E-state index < -0.39 is 47.6 Å². The van der Waals surface area contributed by atoms with Crippen LogP contribution in [0.4, 0.5) is 0 Å².